The Hall–Kier alpha value is -0.610. The molecule has 1 amide bonds. The Labute approximate surface area is 110 Å². The van der Waals surface area contributed by atoms with Crippen LogP contribution in [0.5, 0.6) is 0 Å². The molecular formula is C14H26N2O2. The van der Waals surface area contributed by atoms with Crippen LogP contribution in [0.25, 0.3) is 0 Å². The minimum absolute atomic E-state index is 0.149. The molecule has 0 aromatic rings. The predicted molar refractivity (Wildman–Crippen MR) is 71.5 cm³/mol. The number of hydrogen-bond donors (Lipinski definition) is 1. The van der Waals surface area contributed by atoms with Gasteiger partial charge in [0.25, 0.3) is 5.91 Å². The van der Waals surface area contributed by atoms with Gasteiger partial charge in [-0.05, 0) is 45.6 Å². The van der Waals surface area contributed by atoms with Crippen molar-refractivity contribution in [2.75, 3.05) is 26.7 Å². The molecule has 0 aromatic carbocycles. The van der Waals surface area contributed by atoms with Gasteiger partial charge in [-0.2, -0.15) is 0 Å². The van der Waals surface area contributed by atoms with Crippen molar-refractivity contribution < 1.29 is 9.53 Å². The highest BCUT2D eigenvalue weighted by Crippen LogP contribution is 2.27. The zero-order valence-corrected chi connectivity index (χ0v) is 11.7. The summed E-state index contributed by atoms with van der Waals surface area (Å²) in [6.07, 6.45) is 6.76. The fourth-order valence-electron chi connectivity index (χ4n) is 2.97. The molecule has 0 aromatic heterocycles. The smallest absolute Gasteiger partial charge is 0.254 e. The van der Waals surface area contributed by atoms with E-state index in [4.69, 9.17) is 4.74 Å². The highest BCUT2D eigenvalue weighted by molar-refractivity contribution is 5.84. The zero-order valence-electron chi connectivity index (χ0n) is 11.7. The van der Waals surface area contributed by atoms with Crippen molar-refractivity contribution in [3.63, 3.8) is 0 Å². The molecule has 0 saturated carbocycles. The average molecular weight is 254 g/mol. The van der Waals surface area contributed by atoms with Gasteiger partial charge in [0.2, 0.25) is 0 Å². The lowest BCUT2D eigenvalue weighted by Gasteiger charge is -2.30. The molecule has 0 radical (unpaired) electrons. The van der Waals surface area contributed by atoms with Gasteiger partial charge in [-0.1, -0.05) is 6.42 Å². The molecule has 2 heterocycles. The summed E-state index contributed by atoms with van der Waals surface area (Å²) in [7, 11) is 1.90. The van der Waals surface area contributed by atoms with Crippen LogP contribution < -0.4 is 5.32 Å². The number of ether oxygens (including phenoxy) is 1. The molecule has 0 bridgehead atoms. The lowest BCUT2D eigenvalue weighted by molar-refractivity contribution is -0.149. The molecule has 2 aliphatic rings. The maximum atomic E-state index is 12.3. The van der Waals surface area contributed by atoms with E-state index in [1.54, 1.807) is 0 Å². The van der Waals surface area contributed by atoms with Gasteiger partial charge in [0.1, 0.15) is 5.60 Å². The van der Waals surface area contributed by atoms with Crippen LogP contribution in [0, 0.1) is 0 Å². The van der Waals surface area contributed by atoms with Gasteiger partial charge in [-0.15, -0.1) is 0 Å². The second kappa shape index (κ2) is 6.02. The first-order chi connectivity index (χ1) is 8.62. The highest BCUT2D eigenvalue weighted by atomic mass is 16.5. The Bertz CT molecular complexity index is 282. The SMILES string of the molecule is CN(CCC1CCCCN1)C(=O)C1(C)CCCO1. The first kappa shape index (κ1) is 13.8. The van der Waals surface area contributed by atoms with Crippen molar-refractivity contribution in [1.29, 1.82) is 0 Å². The highest BCUT2D eigenvalue weighted by Gasteiger charge is 2.39. The van der Waals surface area contributed by atoms with Gasteiger partial charge in [0, 0.05) is 26.2 Å². The van der Waals surface area contributed by atoms with Crippen molar-refractivity contribution in [2.24, 2.45) is 0 Å². The molecule has 104 valence electrons. The van der Waals surface area contributed by atoms with Crippen LogP contribution in [0.2, 0.25) is 0 Å². The summed E-state index contributed by atoms with van der Waals surface area (Å²) >= 11 is 0. The third-order valence-electron chi connectivity index (χ3n) is 4.24. The third kappa shape index (κ3) is 3.23. The number of rotatable bonds is 4. The van der Waals surface area contributed by atoms with Crippen LogP contribution in [0.1, 0.15) is 45.4 Å². The van der Waals surface area contributed by atoms with Gasteiger partial charge in [0.15, 0.2) is 0 Å². The van der Waals surface area contributed by atoms with Crippen LogP contribution in [-0.2, 0) is 9.53 Å². The first-order valence-electron chi connectivity index (χ1n) is 7.25. The number of carbonyl (C=O) groups is 1. The fraction of sp³-hybridized carbons (Fsp3) is 0.929. The van der Waals surface area contributed by atoms with Crippen molar-refractivity contribution >= 4 is 5.91 Å². The molecule has 4 heteroatoms. The fourth-order valence-corrected chi connectivity index (χ4v) is 2.97. The number of amides is 1. The Morgan fingerprint density at radius 2 is 2.28 bits per heavy atom. The van der Waals surface area contributed by atoms with E-state index in [9.17, 15) is 4.79 Å². The van der Waals surface area contributed by atoms with E-state index in [2.05, 4.69) is 5.32 Å². The monoisotopic (exact) mass is 254 g/mol. The Balaban J connectivity index is 1.76. The summed E-state index contributed by atoms with van der Waals surface area (Å²) in [5, 5.41) is 3.52. The van der Waals surface area contributed by atoms with Crippen molar-refractivity contribution in [2.45, 2.75) is 57.1 Å². The van der Waals surface area contributed by atoms with Crippen molar-refractivity contribution in [3.05, 3.63) is 0 Å². The third-order valence-corrected chi connectivity index (χ3v) is 4.24. The quantitative estimate of drug-likeness (QED) is 0.827. The number of hydrogen-bond acceptors (Lipinski definition) is 3. The van der Waals surface area contributed by atoms with Gasteiger partial charge in [-0.25, -0.2) is 0 Å². The predicted octanol–water partition coefficient (Wildman–Crippen LogP) is 1.55. The molecule has 1 N–H and O–H groups in total. The van der Waals surface area contributed by atoms with Crippen LogP contribution in [0.4, 0.5) is 0 Å². The van der Waals surface area contributed by atoms with E-state index in [0.29, 0.717) is 6.04 Å². The molecule has 18 heavy (non-hydrogen) atoms. The van der Waals surface area contributed by atoms with Gasteiger partial charge in [-0.3, -0.25) is 4.79 Å². The Morgan fingerprint density at radius 3 is 2.89 bits per heavy atom. The van der Waals surface area contributed by atoms with E-state index in [-0.39, 0.29) is 5.91 Å². The second-order valence-corrected chi connectivity index (χ2v) is 5.85. The number of likely N-dealkylation sites (N-methyl/N-ethyl adjacent to an activating group) is 1. The van der Waals surface area contributed by atoms with E-state index in [1.165, 1.54) is 19.3 Å². The first-order valence-corrected chi connectivity index (χ1v) is 7.25. The largest absolute Gasteiger partial charge is 0.365 e. The summed E-state index contributed by atoms with van der Waals surface area (Å²) in [5.74, 6) is 0.149. The Kier molecular flexibility index (Phi) is 4.62. The maximum Gasteiger partial charge on any atom is 0.254 e. The summed E-state index contributed by atoms with van der Waals surface area (Å²) < 4.78 is 5.61. The van der Waals surface area contributed by atoms with Crippen molar-refractivity contribution in [3.8, 4) is 0 Å². The number of carbonyl (C=O) groups excluding carboxylic acids is 1. The van der Waals surface area contributed by atoms with E-state index in [1.807, 2.05) is 18.9 Å². The van der Waals surface area contributed by atoms with Gasteiger partial charge in [0.05, 0.1) is 0 Å². The number of nitrogens with one attached hydrogen (secondary N) is 1. The normalized spacial score (nSPS) is 32.4. The summed E-state index contributed by atoms with van der Waals surface area (Å²) in [6, 6.07) is 0.589. The van der Waals surface area contributed by atoms with Gasteiger partial charge >= 0.3 is 0 Å². The van der Waals surface area contributed by atoms with Crippen LogP contribution >= 0.6 is 0 Å². The number of piperidine rings is 1. The maximum absolute atomic E-state index is 12.3. The lowest BCUT2D eigenvalue weighted by atomic mass is 9.99. The molecular weight excluding hydrogens is 228 g/mol. The van der Waals surface area contributed by atoms with Crippen LogP contribution in [0.15, 0.2) is 0 Å². The molecule has 4 nitrogen and oxygen atoms in total. The molecule has 2 aliphatic heterocycles. The molecule has 2 atom stereocenters. The minimum Gasteiger partial charge on any atom is -0.365 e. The summed E-state index contributed by atoms with van der Waals surface area (Å²) in [4.78, 5) is 14.2. The zero-order chi connectivity index (χ0) is 13.0. The Morgan fingerprint density at radius 1 is 1.44 bits per heavy atom. The second-order valence-electron chi connectivity index (χ2n) is 5.85. The van der Waals surface area contributed by atoms with E-state index >= 15 is 0 Å². The molecule has 2 saturated heterocycles. The molecule has 2 unspecified atom stereocenters. The summed E-state index contributed by atoms with van der Waals surface area (Å²) in [5.41, 5.74) is -0.561. The lowest BCUT2D eigenvalue weighted by Crippen LogP contribution is -2.46. The minimum atomic E-state index is -0.561. The number of nitrogens with zero attached hydrogens (tertiary/aromatic N) is 1. The molecule has 0 spiro atoms. The van der Waals surface area contributed by atoms with E-state index in [0.717, 1.165) is 39.0 Å². The standard InChI is InChI=1S/C14H26N2O2/c1-14(8-5-11-18-14)13(17)16(2)10-7-12-6-3-4-9-15-12/h12,15H,3-11H2,1-2H3. The van der Waals surface area contributed by atoms with Crippen molar-refractivity contribution in [1.82, 2.24) is 10.2 Å². The van der Waals surface area contributed by atoms with Gasteiger partial charge < -0.3 is 15.0 Å². The summed E-state index contributed by atoms with van der Waals surface area (Å²) in [6.45, 7) is 4.61. The topological polar surface area (TPSA) is 41.6 Å². The molecule has 2 fully saturated rings. The van der Waals surface area contributed by atoms with Crippen LogP contribution in [0.3, 0.4) is 0 Å². The molecule has 0 aliphatic carbocycles. The van der Waals surface area contributed by atoms with Crippen LogP contribution in [-0.4, -0.2) is 49.2 Å². The van der Waals surface area contributed by atoms with E-state index < -0.39 is 5.60 Å². The molecule has 2 rings (SSSR count). The average Bonchev–Trinajstić information content (AvgIpc) is 2.84.